The van der Waals surface area contributed by atoms with Crippen LogP contribution in [-0.2, 0) is 0 Å². The third kappa shape index (κ3) is 3.50. The molecule has 24 heavy (non-hydrogen) atoms. The predicted octanol–water partition coefficient (Wildman–Crippen LogP) is 5.58. The van der Waals surface area contributed by atoms with E-state index in [0.29, 0.717) is 5.56 Å². The molecule has 5 heteroatoms. The molecule has 0 heterocycles. The lowest BCUT2D eigenvalue weighted by Gasteiger charge is -2.34. The average molecular weight is 338 g/mol. The lowest BCUT2D eigenvalue weighted by Crippen LogP contribution is -2.49. The van der Waals surface area contributed by atoms with Crippen LogP contribution in [0, 0.1) is 5.92 Å². The van der Waals surface area contributed by atoms with E-state index in [1.54, 1.807) is 36.4 Å². The van der Waals surface area contributed by atoms with Crippen molar-refractivity contribution in [3.8, 4) is 0 Å². The SMILES string of the molecule is CC(c1ccccc1)C(C(=O)c1ccccc1)C(F)(F)C(C)(F)F. The number of benzene rings is 2. The van der Waals surface area contributed by atoms with Crippen molar-refractivity contribution in [3.05, 3.63) is 71.8 Å². The van der Waals surface area contributed by atoms with Gasteiger partial charge in [-0.05, 0) is 11.5 Å². The largest absolute Gasteiger partial charge is 0.320 e. The van der Waals surface area contributed by atoms with Gasteiger partial charge in [-0.3, -0.25) is 4.79 Å². The normalized spacial score (nSPS) is 14.9. The Morgan fingerprint density at radius 2 is 1.33 bits per heavy atom. The minimum atomic E-state index is -4.48. The molecular weight excluding hydrogens is 320 g/mol. The molecular formula is C19H18F4O. The van der Waals surface area contributed by atoms with Crippen LogP contribution in [0.1, 0.15) is 35.7 Å². The van der Waals surface area contributed by atoms with E-state index >= 15 is 0 Å². The molecule has 0 aliphatic carbocycles. The summed E-state index contributed by atoms with van der Waals surface area (Å²) < 4.78 is 56.2. The first-order chi connectivity index (χ1) is 11.2. The highest BCUT2D eigenvalue weighted by Crippen LogP contribution is 2.47. The fourth-order valence-corrected chi connectivity index (χ4v) is 2.71. The molecule has 0 radical (unpaired) electrons. The first-order valence-corrected chi connectivity index (χ1v) is 7.56. The lowest BCUT2D eigenvalue weighted by molar-refractivity contribution is -0.220. The summed E-state index contributed by atoms with van der Waals surface area (Å²) in [5.74, 6) is -13.0. The number of hydrogen-bond acceptors (Lipinski definition) is 1. The first kappa shape index (κ1) is 18.2. The highest BCUT2D eigenvalue weighted by atomic mass is 19.3. The van der Waals surface area contributed by atoms with E-state index in [0.717, 1.165) is 0 Å². The van der Waals surface area contributed by atoms with Crippen molar-refractivity contribution >= 4 is 5.78 Å². The van der Waals surface area contributed by atoms with Gasteiger partial charge in [-0.1, -0.05) is 67.6 Å². The minimum Gasteiger partial charge on any atom is -0.294 e. The van der Waals surface area contributed by atoms with Crippen LogP contribution in [0.5, 0.6) is 0 Å². The molecule has 0 fully saturated rings. The number of Topliss-reactive ketones (excluding diaryl/α,β-unsaturated/α-hetero) is 1. The minimum absolute atomic E-state index is 0.00536. The second-order valence-electron chi connectivity index (χ2n) is 5.92. The van der Waals surface area contributed by atoms with Crippen molar-refractivity contribution in [1.82, 2.24) is 0 Å². The average Bonchev–Trinajstić information content (AvgIpc) is 2.55. The maximum atomic E-state index is 14.5. The summed E-state index contributed by atoms with van der Waals surface area (Å²) >= 11 is 0. The van der Waals surface area contributed by atoms with Gasteiger partial charge in [0.15, 0.2) is 5.78 Å². The van der Waals surface area contributed by atoms with Crippen molar-refractivity contribution in [2.45, 2.75) is 31.6 Å². The van der Waals surface area contributed by atoms with E-state index in [9.17, 15) is 22.4 Å². The Kier molecular flexibility index (Phi) is 5.11. The molecule has 2 unspecified atom stereocenters. The smallest absolute Gasteiger partial charge is 0.294 e. The molecule has 2 aromatic carbocycles. The molecule has 0 aromatic heterocycles. The van der Waals surface area contributed by atoms with Crippen LogP contribution < -0.4 is 0 Å². The topological polar surface area (TPSA) is 17.1 Å². The fourth-order valence-electron chi connectivity index (χ4n) is 2.71. The van der Waals surface area contributed by atoms with E-state index in [1.807, 2.05) is 0 Å². The summed E-state index contributed by atoms with van der Waals surface area (Å²) in [5, 5.41) is 0. The number of carbonyl (C=O) groups is 1. The zero-order valence-electron chi connectivity index (χ0n) is 13.3. The van der Waals surface area contributed by atoms with E-state index in [1.165, 1.54) is 31.2 Å². The second kappa shape index (κ2) is 6.75. The molecule has 2 aromatic rings. The number of halogens is 4. The van der Waals surface area contributed by atoms with Gasteiger partial charge in [0.05, 0.1) is 5.92 Å². The van der Waals surface area contributed by atoms with Crippen LogP contribution in [0.4, 0.5) is 17.6 Å². The number of rotatable bonds is 6. The lowest BCUT2D eigenvalue weighted by atomic mass is 9.76. The molecule has 0 N–H and O–H groups in total. The Bertz CT molecular complexity index is 678. The molecule has 0 aliphatic rings. The number of carbonyl (C=O) groups excluding carboxylic acids is 1. The summed E-state index contributed by atoms with van der Waals surface area (Å²) in [7, 11) is 0. The maximum absolute atomic E-state index is 14.5. The van der Waals surface area contributed by atoms with E-state index < -0.39 is 29.5 Å². The summed E-state index contributed by atoms with van der Waals surface area (Å²) in [4.78, 5) is 12.6. The third-order valence-electron chi connectivity index (χ3n) is 4.14. The first-order valence-electron chi connectivity index (χ1n) is 7.56. The van der Waals surface area contributed by atoms with Gasteiger partial charge in [0.2, 0.25) is 0 Å². The van der Waals surface area contributed by atoms with E-state index in [-0.39, 0.29) is 12.5 Å². The van der Waals surface area contributed by atoms with Crippen LogP contribution in [-0.4, -0.2) is 17.6 Å². The predicted molar refractivity (Wildman–Crippen MR) is 84.7 cm³/mol. The Morgan fingerprint density at radius 3 is 1.79 bits per heavy atom. The molecule has 0 saturated carbocycles. The summed E-state index contributed by atoms with van der Waals surface area (Å²) in [6.45, 7) is 1.52. The Morgan fingerprint density at radius 1 is 0.875 bits per heavy atom. The highest BCUT2D eigenvalue weighted by Gasteiger charge is 2.61. The molecule has 0 aliphatic heterocycles. The van der Waals surface area contributed by atoms with Crippen molar-refractivity contribution in [1.29, 1.82) is 0 Å². The quantitative estimate of drug-likeness (QED) is 0.496. The molecule has 0 bridgehead atoms. The molecule has 2 rings (SSSR count). The zero-order valence-corrected chi connectivity index (χ0v) is 13.3. The van der Waals surface area contributed by atoms with E-state index in [4.69, 9.17) is 0 Å². The molecule has 0 saturated heterocycles. The number of ketones is 1. The molecule has 128 valence electrons. The van der Waals surface area contributed by atoms with Gasteiger partial charge in [-0.2, -0.15) is 8.78 Å². The van der Waals surface area contributed by atoms with Gasteiger partial charge >= 0.3 is 11.8 Å². The van der Waals surface area contributed by atoms with Crippen LogP contribution in [0.25, 0.3) is 0 Å². The van der Waals surface area contributed by atoms with Gasteiger partial charge in [-0.15, -0.1) is 0 Å². The van der Waals surface area contributed by atoms with Gasteiger partial charge < -0.3 is 0 Å². The van der Waals surface area contributed by atoms with Crippen LogP contribution in [0.2, 0.25) is 0 Å². The van der Waals surface area contributed by atoms with E-state index in [2.05, 4.69) is 0 Å². The number of hydrogen-bond donors (Lipinski definition) is 0. The van der Waals surface area contributed by atoms with Gasteiger partial charge in [0.25, 0.3) is 0 Å². The molecule has 0 amide bonds. The van der Waals surface area contributed by atoms with Gasteiger partial charge in [0, 0.05) is 12.5 Å². The van der Waals surface area contributed by atoms with Crippen LogP contribution in [0.3, 0.4) is 0 Å². The zero-order chi connectivity index (χ0) is 18.0. The van der Waals surface area contributed by atoms with Crippen molar-refractivity contribution in [3.63, 3.8) is 0 Å². The van der Waals surface area contributed by atoms with Crippen molar-refractivity contribution in [2.24, 2.45) is 5.92 Å². The standard InChI is InChI=1S/C19H18F4O/c1-13(14-9-5-3-6-10-14)16(19(22,23)18(2,20)21)17(24)15-11-7-4-8-12-15/h3-13,16H,1-2H3. The van der Waals surface area contributed by atoms with Crippen molar-refractivity contribution in [2.75, 3.05) is 0 Å². The van der Waals surface area contributed by atoms with Crippen LogP contribution in [0.15, 0.2) is 60.7 Å². The second-order valence-corrected chi connectivity index (χ2v) is 5.92. The van der Waals surface area contributed by atoms with Gasteiger partial charge in [0.1, 0.15) is 0 Å². The molecule has 1 nitrogen and oxygen atoms in total. The van der Waals surface area contributed by atoms with Gasteiger partial charge in [-0.25, -0.2) is 8.78 Å². The molecule has 2 atom stereocenters. The monoisotopic (exact) mass is 338 g/mol. The Hall–Kier alpha value is -2.17. The Labute approximate surface area is 138 Å². The van der Waals surface area contributed by atoms with Crippen molar-refractivity contribution < 1.29 is 22.4 Å². The highest BCUT2D eigenvalue weighted by molar-refractivity contribution is 5.99. The number of alkyl halides is 4. The maximum Gasteiger partial charge on any atom is 0.320 e. The van der Waals surface area contributed by atoms with Crippen LogP contribution >= 0.6 is 0 Å². The Balaban J connectivity index is 2.52. The summed E-state index contributed by atoms with van der Waals surface area (Å²) in [6, 6.07) is 15.4. The summed E-state index contributed by atoms with van der Waals surface area (Å²) in [6.07, 6.45) is 0. The fraction of sp³-hybridized carbons (Fsp3) is 0.316. The summed E-state index contributed by atoms with van der Waals surface area (Å²) in [5.41, 5.74) is 0.407. The third-order valence-corrected chi connectivity index (χ3v) is 4.14. The molecule has 0 spiro atoms.